The second-order valence-corrected chi connectivity index (χ2v) is 6.20. The van der Waals surface area contributed by atoms with Crippen molar-refractivity contribution in [3.05, 3.63) is 70.2 Å². The van der Waals surface area contributed by atoms with Crippen molar-refractivity contribution in [2.45, 2.75) is 20.0 Å². The number of aryl methyl sites for hydroxylation is 2. The molecule has 132 valence electrons. The first-order valence-corrected chi connectivity index (χ1v) is 8.31. The standard InChI is InChI=1S/C18H19N7O/c1-12-19-6-7-25(12)11-14-5-3-4-13(8-14)9-20-18-22-16-15(17(26)23-18)10-21-24(16)2/h3-8,10H,9,11H2,1-2H3,(H2,20,22,23,26). The molecule has 26 heavy (non-hydrogen) atoms. The number of aromatic amines is 1. The van der Waals surface area contributed by atoms with Crippen LogP contribution < -0.4 is 10.9 Å². The zero-order valence-corrected chi connectivity index (χ0v) is 14.6. The number of aromatic nitrogens is 6. The first kappa shape index (κ1) is 16.1. The lowest BCUT2D eigenvalue weighted by molar-refractivity contribution is 0.760. The third-order valence-electron chi connectivity index (χ3n) is 4.33. The molecule has 3 aromatic heterocycles. The molecule has 0 amide bonds. The molecule has 2 N–H and O–H groups in total. The number of hydrogen-bond donors (Lipinski definition) is 2. The van der Waals surface area contributed by atoms with Gasteiger partial charge in [-0.05, 0) is 18.1 Å². The average Bonchev–Trinajstić information content (AvgIpc) is 3.20. The van der Waals surface area contributed by atoms with Crippen molar-refractivity contribution in [3.63, 3.8) is 0 Å². The first-order valence-electron chi connectivity index (χ1n) is 8.31. The molecule has 8 heteroatoms. The van der Waals surface area contributed by atoms with Gasteiger partial charge >= 0.3 is 0 Å². The van der Waals surface area contributed by atoms with Crippen molar-refractivity contribution >= 4 is 17.0 Å². The summed E-state index contributed by atoms with van der Waals surface area (Å²) in [5.41, 5.74) is 2.65. The fourth-order valence-electron chi connectivity index (χ4n) is 2.91. The first-order chi connectivity index (χ1) is 12.6. The number of rotatable bonds is 5. The number of nitrogens with one attached hydrogen (secondary N) is 2. The van der Waals surface area contributed by atoms with Gasteiger partial charge in [-0.15, -0.1) is 0 Å². The summed E-state index contributed by atoms with van der Waals surface area (Å²) >= 11 is 0. The molecule has 4 rings (SSSR count). The molecule has 8 nitrogen and oxygen atoms in total. The van der Waals surface area contributed by atoms with E-state index in [1.165, 1.54) is 11.8 Å². The lowest BCUT2D eigenvalue weighted by atomic mass is 10.1. The summed E-state index contributed by atoms with van der Waals surface area (Å²) in [7, 11) is 1.76. The Morgan fingerprint density at radius 1 is 1.27 bits per heavy atom. The SMILES string of the molecule is Cc1nccn1Cc1cccc(CNc2nc3c(cnn3C)c(=O)[nH]2)c1. The van der Waals surface area contributed by atoms with Crippen LogP contribution in [0.2, 0.25) is 0 Å². The summed E-state index contributed by atoms with van der Waals surface area (Å²) in [6.07, 6.45) is 5.29. The van der Waals surface area contributed by atoms with Crippen LogP contribution >= 0.6 is 0 Å². The molecule has 0 saturated carbocycles. The second kappa shape index (κ2) is 6.47. The van der Waals surface area contributed by atoms with Crippen LogP contribution in [0, 0.1) is 6.92 Å². The van der Waals surface area contributed by atoms with Gasteiger partial charge in [0.15, 0.2) is 5.65 Å². The summed E-state index contributed by atoms with van der Waals surface area (Å²) in [4.78, 5) is 23.5. The summed E-state index contributed by atoms with van der Waals surface area (Å²) < 4.78 is 3.69. The van der Waals surface area contributed by atoms with Crippen LogP contribution in [-0.2, 0) is 20.1 Å². The Balaban J connectivity index is 1.51. The minimum absolute atomic E-state index is 0.199. The van der Waals surface area contributed by atoms with Crippen molar-refractivity contribution < 1.29 is 0 Å². The molecule has 0 aliphatic heterocycles. The Hall–Kier alpha value is -3.42. The molecule has 0 atom stereocenters. The van der Waals surface area contributed by atoms with Gasteiger partial charge in [-0.25, -0.2) is 4.98 Å². The number of hydrogen-bond acceptors (Lipinski definition) is 5. The predicted octanol–water partition coefficient (Wildman–Crippen LogP) is 1.82. The van der Waals surface area contributed by atoms with Gasteiger partial charge in [0, 0.05) is 32.5 Å². The van der Waals surface area contributed by atoms with E-state index in [4.69, 9.17) is 0 Å². The summed E-state index contributed by atoms with van der Waals surface area (Å²) in [6, 6.07) is 8.29. The van der Waals surface area contributed by atoms with E-state index in [0.29, 0.717) is 23.5 Å². The van der Waals surface area contributed by atoms with Gasteiger partial charge in [-0.3, -0.25) is 14.5 Å². The number of fused-ring (bicyclic) bond motifs is 1. The van der Waals surface area contributed by atoms with E-state index in [-0.39, 0.29) is 5.56 Å². The average molecular weight is 349 g/mol. The summed E-state index contributed by atoms with van der Waals surface area (Å²) in [5.74, 6) is 1.42. The van der Waals surface area contributed by atoms with E-state index in [0.717, 1.165) is 17.9 Å². The Kier molecular flexibility index (Phi) is 4.00. The fraction of sp³-hybridized carbons (Fsp3) is 0.222. The van der Waals surface area contributed by atoms with Gasteiger partial charge in [0.1, 0.15) is 11.2 Å². The van der Waals surface area contributed by atoms with Crippen LogP contribution in [0.5, 0.6) is 0 Å². The van der Waals surface area contributed by atoms with Crippen LogP contribution in [0.15, 0.2) is 47.7 Å². The van der Waals surface area contributed by atoms with Crippen LogP contribution in [0.25, 0.3) is 11.0 Å². The molecule has 4 aromatic rings. The molecule has 0 saturated heterocycles. The van der Waals surface area contributed by atoms with Gasteiger partial charge < -0.3 is 9.88 Å². The Morgan fingerprint density at radius 2 is 2.12 bits per heavy atom. The molecule has 0 aliphatic rings. The maximum Gasteiger partial charge on any atom is 0.263 e. The molecule has 0 unspecified atom stereocenters. The van der Waals surface area contributed by atoms with Gasteiger partial charge in [0.05, 0.1) is 6.20 Å². The molecule has 0 spiro atoms. The number of H-pyrrole nitrogens is 1. The highest BCUT2D eigenvalue weighted by Gasteiger charge is 2.08. The van der Waals surface area contributed by atoms with Crippen molar-refractivity contribution in [1.82, 2.24) is 29.3 Å². The maximum atomic E-state index is 12.1. The largest absolute Gasteiger partial charge is 0.352 e. The topological polar surface area (TPSA) is 93.4 Å². The quantitative estimate of drug-likeness (QED) is 0.573. The minimum atomic E-state index is -0.199. The highest BCUT2D eigenvalue weighted by Crippen LogP contribution is 2.11. The molecular weight excluding hydrogens is 330 g/mol. The summed E-state index contributed by atoms with van der Waals surface area (Å²) in [6.45, 7) is 3.32. The minimum Gasteiger partial charge on any atom is -0.352 e. The summed E-state index contributed by atoms with van der Waals surface area (Å²) in [5, 5.41) is 7.73. The third kappa shape index (κ3) is 3.08. The second-order valence-electron chi connectivity index (χ2n) is 6.20. The normalized spacial score (nSPS) is 11.2. The van der Waals surface area contributed by atoms with Crippen LogP contribution in [0.4, 0.5) is 5.95 Å². The predicted molar refractivity (Wildman–Crippen MR) is 99.0 cm³/mol. The smallest absolute Gasteiger partial charge is 0.263 e. The van der Waals surface area contributed by atoms with E-state index < -0.39 is 0 Å². The van der Waals surface area contributed by atoms with E-state index in [1.807, 2.05) is 25.3 Å². The molecule has 0 fully saturated rings. The van der Waals surface area contributed by atoms with Gasteiger partial charge in [-0.2, -0.15) is 10.1 Å². The van der Waals surface area contributed by atoms with Crippen molar-refractivity contribution in [3.8, 4) is 0 Å². The Labute approximate surface area is 149 Å². The van der Waals surface area contributed by atoms with E-state index in [1.54, 1.807) is 17.9 Å². The monoisotopic (exact) mass is 349 g/mol. The van der Waals surface area contributed by atoms with Crippen LogP contribution in [0.1, 0.15) is 17.0 Å². The highest BCUT2D eigenvalue weighted by atomic mass is 16.1. The lowest BCUT2D eigenvalue weighted by Gasteiger charge is -2.09. The van der Waals surface area contributed by atoms with Crippen molar-refractivity contribution in [2.24, 2.45) is 7.05 Å². The molecular formula is C18H19N7O. The number of benzene rings is 1. The number of anilines is 1. The Morgan fingerprint density at radius 3 is 2.92 bits per heavy atom. The number of nitrogens with zero attached hydrogens (tertiary/aromatic N) is 5. The third-order valence-corrected chi connectivity index (χ3v) is 4.33. The van der Waals surface area contributed by atoms with E-state index >= 15 is 0 Å². The molecule has 0 aliphatic carbocycles. The molecule has 3 heterocycles. The zero-order valence-electron chi connectivity index (χ0n) is 14.6. The van der Waals surface area contributed by atoms with Crippen LogP contribution in [-0.4, -0.2) is 29.3 Å². The lowest BCUT2D eigenvalue weighted by Crippen LogP contribution is -2.13. The zero-order chi connectivity index (χ0) is 18.1. The van der Waals surface area contributed by atoms with Crippen molar-refractivity contribution in [1.29, 1.82) is 0 Å². The van der Waals surface area contributed by atoms with Gasteiger partial charge in [0.25, 0.3) is 5.56 Å². The van der Waals surface area contributed by atoms with Crippen molar-refractivity contribution in [2.75, 3.05) is 5.32 Å². The molecule has 1 aromatic carbocycles. The number of imidazole rings is 1. The van der Waals surface area contributed by atoms with E-state index in [2.05, 4.69) is 42.1 Å². The maximum absolute atomic E-state index is 12.1. The molecule has 0 bridgehead atoms. The van der Waals surface area contributed by atoms with Gasteiger partial charge in [-0.1, -0.05) is 24.3 Å². The Bertz CT molecular complexity index is 1120. The van der Waals surface area contributed by atoms with Crippen LogP contribution in [0.3, 0.4) is 0 Å². The van der Waals surface area contributed by atoms with Gasteiger partial charge in [0.2, 0.25) is 5.95 Å². The molecule has 0 radical (unpaired) electrons. The van der Waals surface area contributed by atoms with E-state index in [9.17, 15) is 4.79 Å². The fourth-order valence-corrected chi connectivity index (χ4v) is 2.91. The highest BCUT2D eigenvalue weighted by molar-refractivity contribution is 5.74.